The molecule has 24 heavy (non-hydrogen) atoms. The fourth-order valence-electron chi connectivity index (χ4n) is 3.48. The maximum atomic E-state index is 10.5. The molecule has 1 saturated heterocycles. The van der Waals surface area contributed by atoms with Gasteiger partial charge in [-0.05, 0) is 69.5 Å². The third-order valence-corrected chi connectivity index (χ3v) is 4.92. The second-order valence-corrected chi connectivity index (χ2v) is 6.70. The lowest BCUT2D eigenvalue weighted by atomic mass is 10.0. The van der Waals surface area contributed by atoms with Crippen molar-refractivity contribution in [2.75, 3.05) is 20.2 Å². The molecule has 0 spiro atoms. The Bertz CT molecular complexity index is 695. The molecule has 1 atom stereocenters. The number of carboxylic acids is 1. The highest BCUT2D eigenvalue weighted by atomic mass is 16.5. The number of aromatic amines is 1. The van der Waals surface area contributed by atoms with Crippen molar-refractivity contribution in [2.24, 2.45) is 0 Å². The van der Waals surface area contributed by atoms with Gasteiger partial charge < -0.3 is 19.7 Å². The molecule has 0 bridgehead atoms. The molecule has 0 aliphatic carbocycles. The van der Waals surface area contributed by atoms with E-state index in [9.17, 15) is 4.79 Å². The van der Waals surface area contributed by atoms with Crippen LogP contribution in [0, 0.1) is 0 Å². The van der Waals surface area contributed by atoms with Crippen LogP contribution in [0.25, 0.3) is 10.9 Å². The van der Waals surface area contributed by atoms with E-state index in [2.05, 4.69) is 35.3 Å². The third-order valence-electron chi connectivity index (χ3n) is 4.92. The van der Waals surface area contributed by atoms with Crippen LogP contribution in [0.4, 0.5) is 0 Å². The predicted octanol–water partition coefficient (Wildman–Crippen LogP) is 3.44. The van der Waals surface area contributed by atoms with Gasteiger partial charge in [0.1, 0.15) is 5.75 Å². The summed E-state index contributed by atoms with van der Waals surface area (Å²) in [6, 6.07) is 6.77. The highest BCUT2D eigenvalue weighted by molar-refractivity contribution is 5.84. The SMILES string of the molecule is CN1CCCC1Cc1c[nH]c2ccc(OCCCCC(=O)O)cc12. The summed E-state index contributed by atoms with van der Waals surface area (Å²) in [7, 11) is 2.21. The molecule has 2 heterocycles. The minimum absolute atomic E-state index is 0.208. The van der Waals surface area contributed by atoms with Gasteiger partial charge in [0.25, 0.3) is 0 Å². The summed E-state index contributed by atoms with van der Waals surface area (Å²) in [6.45, 7) is 1.75. The molecule has 3 rings (SSSR count). The normalized spacial score (nSPS) is 18.3. The largest absolute Gasteiger partial charge is 0.494 e. The molecule has 1 aromatic heterocycles. The van der Waals surface area contributed by atoms with Crippen LogP contribution in [0.2, 0.25) is 0 Å². The predicted molar refractivity (Wildman–Crippen MR) is 94.6 cm³/mol. The van der Waals surface area contributed by atoms with Gasteiger partial charge in [0, 0.05) is 29.6 Å². The second-order valence-electron chi connectivity index (χ2n) is 6.70. The van der Waals surface area contributed by atoms with E-state index in [0.717, 1.165) is 24.1 Å². The van der Waals surface area contributed by atoms with Crippen LogP contribution in [0.15, 0.2) is 24.4 Å². The lowest BCUT2D eigenvalue weighted by Crippen LogP contribution is -2.26. The number of likely N-dealkylation sites (tertiary alicyclic amines) is 1. The molecule has 2 aromatic rings. The average molecular weight is 330 g/mol. The third kappa shape index (κ3) is 4.09. The van der Waals surface area contributed by atoms with E-state index in [1.54, 1.807) is 0 Å². The van der Waals surface area contributed by atoms with Crippen LogP contribution in [0.3, 0.4) is 0 Å². The summed E-state index contributed by atoms with van der Waals surface area (Å²) < 4.78 is 5.79. The molecule has 1 unspecified atom stereocenters. The molecule has 5 heteroatoms. The van der Waals surface area contributed by atoms with Crippen molar-refractivity contribution in [1.82, 2.24) is 9.88 Å². The van der Waals surface area contributed by atoms with Crippen molar-refractivity contribution in [2.45, 2.75) is 44.6 Å². The van der Waals surface area contributed by atoms with Crippen LogP contribution in [0.1, 0.15) is 37.7 Å². The first-order chi connectivity index (χ1) is 11.6. The summed E-state index contributed by atoms with van der Waals surface area (Å²) in [5, 5.41) is 9.88. The number of unbranched alkanes of at least 4 members (excludes halogenated alkanes) is 1. The van der Waals surface area contributed by atoms with Crippen LogP contribution >= 0.6 is 0 Å². The molecule has 1 aromatic carbocycles. The van der Waals surface area contributed by atoms with Gasteiger partial charge in [-0.3, -0.25) is 4.79 Å². The summed E-state index contributed by atoms with van der Waals surface area (Å²) in [5.74, 6) is 0.115. The molecule has 1 aliphatic heterocycles. The fourth-order valence-corrected chi connectivity index (χ4v) is 3.48. The molecule has 5 nitrogen and oxygen atoms in total. The lowest BCUT2D eigenvalue weighted by Gasteiger charge is -2.18. The molecule has 1 aliphatic rings. The van der Waals surface area contributed by atoms with E-state index in [1.807, 2.05) is 6.07 Å². The molecule has 0 radical (unpaired) electrons. The Labute approximate surface area is 142 Å². The number of nitrogens with zero attached hydrogens (tertiary/aromatic N) is 1. The fraction of sp³-hybridized carbons (Fsp3) is 0.526. The van der Waals surface area contributed by atoms with Gasteiger partial charge in [0.05, 0.1) is 6.61 Å². The van der Waals surface area contributed by atoms with Crippen LogP contribution < -0.4 is 4.74 Å². The van der Waals surface area contributed by atoms with Gasteiger partial charge in [-0.1, -0.05) is 0 Å². The minimum Gasteiger partial charge on any atom is -0.494 e. The van der Waals surface area contributed by atoms with E-state index < -0.39 is 5.97 Å². The molecule has 0 amide bonds. The lowest BCUT2D eigenvalue weighted by molar-refractivity contribution is -0.137. The number of ether oxygens (including phenoxy) is 1. The van der Waals surface area contributed by atoms with Crippen LogP contribution in [-0.2, 0) is 11.2 Å². The number of nitrogens with one attached hydrogen (secondary N) is 1. The summed E-state index contributed by atoms with van der Waals surface area (Å²) in [4.78, 5) is 16.3. The number of carbonyl (C=O) groups is 1. The quantitative estimate of drug-likeness (QED) is 0.728. The molecule has 0 saturated carbocycles. The van der Waals surface area contributed by atoms with E-state index in [-0.39, 0.29) is 6.42 Å². The number of aromatic nitrogens is 1. The number of aliphatic carboxylic acids is 1. The number of likely N-dealkylation sites (N-methyl/N-ethyl adjacent to an activating group) is 1. The summed E-state index contributed by atoms with van der Waals surface area (Å²) >= 11 is 0. The van der Waals surface area contributed by atoms with Gasteiger partial charge in [-0.25, -0.2) is 0 Å². The van der Waals surface area contributed by atoms with E-state index in [0.29, 0.717) is 19.1 Å². The number of carboxylic acid groups (broad SMARTS) is 1. The molecule has 1 fully saturated rings. The van der Waals surface area contributed by atoms with Gasteiger partial charge in [-0.2, -0.15) is 0 Å². The Balaban J connectivity index is 1.61. The van der Waals surface area contributed by atoms with Gasteiger partial charge in [0.2, 0.25) is 0 Å². The number of fused-ring (bicyclic) bond motifs is 1. The zero-order chi connectivity index (χ0) is 16.9. The first-order valence-corrected chi connectivity index (χ1v) is 8.78. The molecule has 2 N–H and O–H groups in total. The van der Waals surface area contributed by atoms with Crippen molar-refractivity contribution in [3.63, 3.8) is 0 Å². The highest BCUT2D eigenvalue weighted by Gasteiger charge is 2.22. The topological polar surface area (TPSA) is 65.6 Å². The Kier molecular flexibility index (Phi) is 5.41. The first kappa shape index (κ1) is 16.8. The van der Waals surface area contributed by atoms with Crippen molar-refractivity contribution < 1.29 is 14.6 Å². The summed E-state index contributed by atoms with van der Waals surface area (Å²) in [6.07, 6.45) is 7.36. The first-order valence-electron chi connectivity index (χ1n) is 8.78. The Morgan fingerprint density at radius 1 is 1.42 bits per heavy atom. The zero-order valence-electron chi connectivity index (χ0n) is 14.3. The van der Waals surface area contributed by atoms with Crippen LogP contribution in [0.5, 0.6) is 5.75 Å². The Hall–Kier alpha value is -2.01. The van der Waals surface area contributed by atoms with E-state index in [1.165, 1.54) is 30.3 Å². The Morgan fingerprint density at radius 2 is 2.29 bits per heavy atom. The number of benzene rings is 1. The highest BCUT2D eigenvalue weighted by Crippen LogP contribution is 2.27. The molecular formula is C19H26N2O3. The number of hydrogen-bond donors (Lipinski definition) is 2. The standard InChI is InChI=1S/C19H26N2O3/c1-21-9-4-5-15(21)11-14-13-20-18-8-7-16(12-17(14)18)24-10-3-2-6-19(22)23/h7-8,12-13,15,20H,2-6,9-11H2,1H3,(H,22,23). The summed E-state index contributed by atoms with van der Waals surface area (Å²) in [5.41, 5.74) is 2.49. The zero-order valence-corrected chi connectivity index (χ0v) is 14.3. The molecular weight excluding hydrogens is 304 g/mol. The van der Waals surface area contributed by atoms with E-state index in [4.69, 9.17) is 9.84 Å². The number of hydrogen-bond acceptors (Lipinski definition) is 3. The Morgan fingerprint density at radius 3 is 3.04 bits per heavy atom. The van der Waals surface area contributed by atoms with Crippen LogP contribution in [-0.4, -0.2) is 47.2 Å². The van der Waals surface area contributed by atoms with Gasteiger partial charge >= 0.3 is 5.97 Å². The maximum absolute atomic E-state index is 10.5. The van der Waals surface area contributed by atoms with E-state index >= 15 is 0 Å². The van der Waals surface area contributed by atoms with Gasteiger partial charge in [0.15, 0.2) is 0 Å². The van der Waals surface area contributed by atoms with Crippen molar-refractivity contribution in [1.29, 1.82) is 0 Å². The minimum atomic E-state index is -0.745. The number of H-pyrrole nitrogens is 1. The van der Waals surface area contributed by atoms with Crippen molar-refractivity contribution >= 4 is 16.9 Å². The monoisotopic (exact) mass is 330 g/mol. The molecule has 130 valence electrons. The second kappa shape index (κ2) is 7.71. The number of rotatable bonds is 8. The smallest absolute Gasteiger partial charge is 0.303 e. The van der Waals surface area contributed by atoms with Crippen molar-refractivity contribution in [3.05, 3.63) is 30.0 Å². The average Bonchev–Trinajstić information content (AvgIpc) is 3.14. The maximum Gasteiger partial charge on any atom is 0.303 e. The van der Waals surface area contributed by atoms with Gasteiger partial charge in [-0.15, -0.1) is 0 Å². The van der Waals surface area contributed by atoms with Crippen molar-refractivity contribution in [3.8, 4) is 5.75 Å².